The van der Waals surface area contributed by atoms with Crippen LogP contribution in [0.15, 0.2) is 18.2 Å². The predicted octanol–water partition coefficient (Wildman–Crippen LogP) is 0.713. The van der Waals surface area contributed by atoms with Gasteiger partial charge in [0.05, 0.1) is 13.7 Å². The molecule has 1 atom stereocenters. The summed E-state index contributed by atoms with van der Waals surface area (Å²) in [4.78, 5) is 11.4. The monoisotopic (exact) mass is 276 g/mol. The number of methoxy groups -OCH3 is 1. The first-order valence-electron chi connectivity index (χ1n) is 6.32. The van der Waals surface area contributed by atoms with Crippen LogP contribution in [0, 0.1) is 12.3 Å². The number of nitrogens with one attached hydrogen (secondary N) is 1. The summed E-state index contributed by atoms with van der Waals surface area (Å²) in [6, 6.07) is 5.60. The van der Waals surface area contributed by atoms with E-state index in [1.807, 2.05) is 19.1 Å². The molecule has 3 N–H and O–H groups in total. The molecule has 0 spiro atoms. The molecule has 1 aromatic carbocycles. The van der Waals surface area contributed by atoms with Gasteiger partial charge in [-0.1, -0.05) is 12.0 Å². The third-order valence-electron chi connectivity index (χ3n) is 2.53. The zero-order valence-electron chi connectivity index (χ0n) is 11.8. The Balaban J connectivity index is 2.66. The molecule has 20 heavy (non-hydrogen) atoms. The van der Waals surface area contributed by atoms with Gasteiger partial charge in [-0.15, -0.1) is 6.42 Å². The Hall–Kier alpha value is -2.19. The van der Waals surface area contributed by atoms with Gasteiger partial charge in [-0.2, -0.15) is 0 Å². The lowest BCUT2D eigenvalue weighted by Gasteiger charge is -2.12. The number of terminal acetylenes is 1. The molecule has 1 aromatic rings. The Kier molecular flexibility index (Phi) is 6.41. The summed E-state index contributed by atoms with van der Waals surface area (Å²) in [5.74, 6) is 3.14. The van der Waals surface area contributed by atoms with Crippen molar-refractivity contribution in [1.82, 2.24) is 5.32 Å². The minimum atomic E-state index is -0.273. The number of benzene rings is 1. The summed E-state index contributed by atoms with van der Waals surface area (Å²) in [7, 11) is 1.55. The third kappa shape index (κ3) is 5.21. The van der Waals surface area contributed by atoms with Crippen molar-refractivity contribution in [2.24, 2.45) is 5.73 Å². The second-order valence-corrected chi connectivity index (χ2v) is 4.44. The van der Waals surface area contributed by atoms with Gasteiger partial charge in [0.2, 0.25) is 0 Å². The van der Waals surface area contributed by atoms with E-state index in [-0.39, 0.29) is 25.1 Å². The van der Waals surface area contributed by atoms with Crippen LogP contribution in [0.4, 0.5) is 0 Å². The maximum Gasteiger partial charge on any atom is 0.258 e. The minimum Gasteiger partial charge on any atom is -0.493 e. The summed E-state index contributed by atoms with van der Waals surface area (Å²) in [6.07, 6.45) is 5.80. The molecule has 1 unspecified atom stereocenters. The van der Waals surface area contributed by atoms with Crippen molar-refractivity contribution in [3.8, 4) is 23.8 Å². The van der Waals surface area contributed by atoms with Crippen LogP contribution in [-0.4, -0.2) is 32.2 Å². The van der Waals surface area contributed by atoms with E-state index in [1.54, 1.807) is 13.2 Å². The molecule has 0 fully saturated rings. The normalized spacial score (nSPS) is 11.3. The fourth-order valence-electron chi connectivity index (χ4n) is 1.67. The van der Waals surface area contributed by atoms with E-state index >= 15 is 0 Å². The van der Waals surface area contributed by atoms with Gasteiger partial charge in [-0.25, -0.2) is 0 Å². The highest BCUT2D eigenvalue weighted by Gasteiger charge is 2.09. The van der Waals surface area contributed by atoms with E-state index in [2.05, 4.69) is 11.2 Å². The van der Waals surface area contributed by atoms with Gasteiger partial charge < -0.3 is 20.5 Å². The highest BCUT2D eigenvalue weighted by molar-refractivity contribution is 5.77. The summed E-state index contributed by atoms with van der Waals surface area (Å²) in [5.41, 5.74) is 6.81. The van der Waals surface area contributed by atoms with E-state index in [9.17, 15) is 4.79 Å². The smallest absolute Gasteiger partial charge is 0.258 e. The average Bonchev–Trinajstić information content (AvgIpc) is 2.42. The van der Waals surface area contributed by atoms with Gasteiger partial charge in [0, 0.05) is 6.04 Å². The SMILES string of the molecule is C#CCNC(=O)COc1ccc(CC(C)N)cc1OC. The fraction of sp³-hybridized carbons (Fsp3) is 0.400. The minimum absolute atomic E-state index is 0.0704. The second-order valence-electron chi connectivity index (χ2n) is 4.44. The first-order chi connectivity index (χ1) is 9.56. The number of rotatable bonds is 7. The number of hydrogen-bond acceptors (Lipinski definition) is 4. The first-order valence-corrected chi connectivity index (χ1v) is 6.32. The van der Waals surface area contributed by atoms with Crippen molar-refractivity contribution < 1.29 is 14.3 Å². The van der Waals surface area contributed by atoms with E-state index in [0.29, 0.717) is 11.5 Å². The zero-order valence-corrected chi connectivity index (χ0v) is 11.8. The molecule has 0 saturated carbocycles. The number of carbonyl (C=O) groups excluding carboxylic acids is 1. The number of hydrogen-bond donors (Lipinski definition) is 2. The van der Waals surface area contributed by atoms with Crippen LogP contribution in [0.2, 0.25) is 0 Å². The Morgan fingerprint density at radius 2 is 2.25 bits per heavy atom. The van der Waals surface area contributed by atoms with Crippen LogP contribution in [0.1, 0.15) is 12.5 Å². The average molecular weight is 276 g/mol. The van der Waals surface area contributed by atoms with Crippen LogP contribution >= 0.6 is 0 Å². The highest BCUT2D eigenvalue weighted by Crippen LogP contribution is 2.28. The molecule has 0 aromatic heterocycles. The molecule has 0 aliphatic rings. The van der Waals surface area contributed by atoms with Crippen LogP contribution in [-0.2, 0) is 11.2 Å². The largest absolute Gasteiger partial charge is 0.493 e. The van der Waals surface area contributed by atoms with Crippen LogP contribution in [0.25, 0.3) is 0 Å². The lowest BCUT2D eigenvalue weighted by atomic mass is 10.1. The molecule has 0 bridgehead atoms. The maximum atomic E-state index is 11.4. The van der Waals surface area contributed by atoms with E-state index < -0.39 is 0 Å². The van der Waals surface area contributed by atoms with Crippen LogP contribution in [0.5, 0.6) is 11.5 Å². The highest BCUT2D eigenvalue weighted by atomic mass is 16.5. The molecule has 1 rings (SSSR count). The van der Waals surface area contributed by atoms with Gasteiger partial charge in [0.1, 0.15) is 0 Å². The number of amides is 1. The molecular formula is C15H20N2O3. The molecule has 0 heterocycles. The summed E-state index contributed by atoms with van der Waals surface area (Å²) >= 11 is 0. The van der Waals surface area contributed by atoms with Crippen molar-refractivity contribution in [3.63, 3.8) is 0 Å². The van der Waals surface area contributed by atoms with E-state index in [1.165, 1.54) is 0 Å². The number of nitrogens with two attached hydrogens (primary N) is 1. The van der Waals surface area contributed by atoms with E-state index in [4.69, 9.17) is 21.6 Å². The second kappa shape index (κ2) is 8.08. The molecule has 1 amide bonds. The van der Waals surface area contributed by atoms with Gasteiger partial charge in [-0.3, -0.25) is 4.79 Å². The Labute approximate surface area is 119 Å². The topological polar surface area (TPSA) is 73.6 Å². The molecule has 0 saturated heterocycles. The van der Waals surface area contributed by atoms with Crippen molar-refractivity contribution in [2.45, 2.75) is 19.4 Å². The standard InChI is InChI=1S/C15H20N2O3/c1-4-7-17-15(18)10-20-13-6-5-12(8-11(2)16)9-14(13)19-3/h1,5-6,9,11H,7-8,10,16H2,2-3H3,(H,17,18). The van der Waals surface area contributed by atoms with Gasteiger partial charge in [-0.05, 0) is 31.0 Å². The van der Waals surface area contributed by atoms with Crippen LogP contribution < -0.4 is 20.5 Å². The summed E-state index contributed by atoms with van der Waals surface area (Å²) in [5, 5.41) is 2.52. The third-order valence-corrected chi connectivity index (χ3v) is 2.53. The lowest BCUT2D eigenvalue weighted by Crippen LogP contribution is -2.29. The van der Waals surface area contributed by atoms with Crippen molar-refractivity contribution in [3.05, 3.63) is 23.8 Å². The molecule has 0 radical (unpaired) electrons. The molecular weight excluding hydrogens is 256 g/mol. The quantitative estimate of drug-likeness (QED) is 0.719. The van der Waals surface area contributed by atoms with Gasteiger partial charge in [0.25, 0.3) is 5.91 Å². The summed E-state index contributed by atoms with van der Waals surface area (Å²) in [6.45, 7) is 2.02. The van der Waals surface area contributed by atoms with Crippen molar-refractivity contribution in [2.75, 3.05) is 20.3 Å². The molecule has 0 aliphatic carbocycles. The number of ether oxygens (including phenoxy) is 2. The Morgan fingerprint density at radius 1 is 1.50 bits per heavy atom. The molecule has 0 aliphatic heterocycles. The van der Waals surface area contributed by atoms with E-state index in [0.717, 1.165) is 12.0 Å². The zero-order chi connectivity index (χ0) is 15.0. The Bertz CT molecular complexity index is 492. The maximum absolute atomic E-state index is 11.4. The van der Waals surface area contributed by atoms with Crippen molar-refractivity contribution in [1.29, 1.82) is 0 Å². The molecule has 5 nitrogen and oxygen atoms in total. The Morgan fingerprint density at radius 3 is 2.85 bits per heavy atom. The van der Waals surface area contributed by atoms with Gasteiger partial charge in [0.15, 0.2) is 18.1 Å². The number of carbonyl (C=O) groups is 1. The van der Waals surface area contributed by atoms with Crippen molar-refractivity contribution >= 4 is 5.91 Å². The van der Waals surface area contributed by atoms with Gasteiger partial charge >= 0.3 is 0 Å². The fourth-order valence-corrected chi connectivity index (χ4v) is 1.67. The first kappa shape index (κ1) is 15.9. The molecule has 5 heteroatoms. The molecule has 108 valence electrons. The lowest BCUT2D eigenvalue weighted by molar-refractivity contribution is -0.122. The van der Waals surface area contributed by atoms with Crippen LogP contribution in [0.3, 0.4) is 0 Å². The summed E-state index contributed by atoms with van der Waals surface area (Å²) < 4.78 is 10.7. The predicted molar refractivity (Wildman–Crippen MR) is 77.7 cm³/mol.